The fourth-order valence-corrected chi connectivity index (χ4v) is 4.42. The topological polar surface area (TPSA) is 61.9 Å². The molecule has 0 saturated carbocycles. The van der Waals surface area contributed by atoms with Gasteiger partial charge in [-0.3, -0.25) is 4.79 Å². The zero-order valence-corrected chi connectivity index (χ0v) is 19.3. The Balaban J connectivity index is 1.48. The minimum atomic E-state index is -0.227. The van der Waals surface area contributed by atoms with E-state index in [2.05, 4.69) is 16.3 Å². The lowest BCUT2D eigenvalue weighted by Crippen LogP contribution is -2.37. The van der Waals surface area contributed by atoms with Crippen LogP contribution in [0.4, 0.5) is 4.79 Å². The minimum Gasteiger partial charge on any atom is -0.449 e. The number of carbonyl (C=O) groups is 2. The van der Waals surface area contributed by atoms with Crippen molar-refractivity contribution in [2.45, 2.75) is 32.7 Å². The smallest absolute Gasteiger partial charge is 0.409 e. The number of nitrogens with one attached hydrogen (secondary N) is 1. The molecule has 0 spiro atoms. The number of amides is 2. The fraction of sp³-hybridized carbons (Fsp3) is 0.500. The van der Waals surface area contributed by atoms with Crippen molar-refractivity contribution < 1.29 is 14.3 Å². The van der Waals surface area contributed by atoms with Crippen molar-refractivity contribution in [1.29, 1.82) is 0 Å². The van der Waals surface area contributed by atoms with Crippen LogP contribution in [0.2, 0.25) is 0 Å². The van der Waals surface area contributed by atoms with E-state index in [0.29, 0.717) is 38.6 Å². The van der Waals surface area contributed by atoms with E-state index in [1.807, 2.05) is 55.6 Å². The number of hydrogen-bond acceptors (Lipinski definition) is 5. The Kier molecular flexibility index (Phi) is 8.91. The maximum atomic E-state index is 12.8. The van der Waals surface area contributed by atoms with Gasteiger partial charge in [-0.2, -0.15) is 0 Å². The van der Waals surface area contributed by atoms with Gasteiger partial charge in [0.2, 0.25) is 5.91 Å². The Morgan fingerprint density at radius 1 is 1.06 bits per heavy atom. The Bertz CT molecular complexity index is 811. The van der Waals surface area contributed by atoms with Crippen LogP contribution < -0.4 is 5.32 Å². The summed E-state index contributed by atoms with van der Waals surface area (Å²) in [6.45, 7) is 8.19. The zero-order valence-electron chi connectivity index (χ0n) is 18.5. The average molecular weight is 444 g/mol. The third-order valence-corrected chi connectivity index (χ3v) is 6.25. The largest absolute Gasteiger partial charge is 0.449 e. The summed E-state index contributed by atoms with van der Waals surface area (Å²) >= 11 is 1.65. The summed E-state index contributed by atoms with van der Waals surface area (Å²) in [6.07, 6.45) is 1.10. The van der Waals surface area contributed by atoms with Gasteiger partial charge in [-0.1, -0.05) is 50.2 Å². The van der Waals surface area contributed by atoms with Crippen LogP contribution in [-0.4, -0.2) is 61.1 Å². The van der Waals surface area contributed by atoms with Crippen LogP contribution in [0.15, 0.2) is 47.8 Å². The van der Waals surface area contributed by atoms with Crippen molar-refractivity contribution in [3.05, 3.63) is 58.3 Å². The second-order valence-electron chi connectivity index (χ2n) is 8.33. The highest BCUT2D eigenvalue weighted by molar-refractivity contribution is 7.10. The molecule has 0 radical (unpaired) electrons. The third-order valence-electron chi connectivity index (χ3n) is 5.31. The van der Waals surface area contributed by atoms with E-state index >= 15 is 0 Å². The molecule has 1 aliphatic rings. The van der Waals surface area contributed by atoms with Crippen LogP contribution in [0.1, 0.15) is 43.2 Å². The SMILES string of the molecule is CC(C)COC(=O)N1CCCN(CCC(=O)NC(c2ccccc2)c2cccs2)CC1. The van der Waals surface area contributed by atoms with Gasteiger partial charge in [0.1, 0.15) is 0 Å². The van der Waals surface area contributed by atoms with E-state index in [1.165, 1.54) is 0 Å². The highest BCUT2D eigenvalue weighted by Crippen LogP contribution is 2.26. The van der Waals surface area contributed by atoms with Crippen LogP contribution in [-0.2, 0) is 9.53 Å². The van der Waals surface area contributed by atoms with E-state index in [0.717, 1.165) is 30.0 Å². The van der Waals surface area contributed by atoms with Crippen molar-refractivity contribution in [1.82, 2.24) is 15.1 Å². The number of ether oxygens (including phenoxy) is 1. The molecule has 1 aromatic carbocycles. The van der Waals surface area contributed by atoms with Crippen LogP contribution in [0.5, 0.6) is 0 Å². The second kappa shape index (κ2) is 11.9. The van der Waals surface area contributed by atoms with Crippen LogP contribution >= 0.6 is 11.3 Å². The standard InChI is InChI=1S/C24H33N3O3S/c1-19(2)18-30-24(29)27-13-7-12-26(15-16-27)14-11-22(28)25-23(21-10-6-17-31-21)20-8-4-3-5-9-20/h3-6,8-10,17,19,23H,7,11-16,18H2,1-2H3,(H,25,28). The quantitative estimate of drug-likeness (QED) is 0.666. The fourth-order valence-electron chi connectivity index (χ4n) is 3.62. The van der Waals surface area contributed by atoms with Gasteiger partial charge in [-0.05, 0) is 35.9 Å². The molecule has 31 heavy (non-hydrogen) atoms. The molecule has 1 aromatic heterocycles. The Labute approximate surface area is 189 Å². The van der Waals surface area contributed by atoms with Crippen molar-refractivity contribution >= 4 is 23.3 Å². The summed E-state index contributed by atoms with van der Waals surface area (Å²) in [4.78, 5) is 30.1. The van der Waals surface area contributed by atoms with E-state index in [-0.39, 0.29) is 18.0 Å². The van der Waals surface area contributed by atoms with Crippen LogP contribution in [0.25, 0.3) is 0 Å². The first-order valence-corrected chi connectivity index (χ1v) is 11.9. The summed E-state index contributed by atoms with van der Waals surface area (Å²) in [7, 11) is 0. The summed E-state index contributed by atoms with van der Waals surface area (Å²) in [5, 5.41) is 5.24. The number of benzene rings is 1. The maximum Gasteiger partial charge on any atom is 0.409 e. The number of rotatable bonds is 8. The lowest BCUT2D eigenvalue weighted by Gasteiger charge is -2.22. The Morgan fingerprint density at radius 3 is 2.58 bits per heavy atom. The molecule has 1 N–H and O–H groups in total. The summed E-state index contributed by atoms with van der Waals surface area (Å²) in [5.74, 6) is 0.375. The molecule has 2 amide bonds. The third kappa shape index (κ3) is 7.36. The molecular formula is C24H33N3O3S. The monoisotopic (exact) mass is 443 g/mol. The van der Waals surface area contributed by atoms with E-state index < -0.39 is 0 Å². The molecule has 1 fully saturated rings. The first kappa shape index (κ1) is 23.3. The van der Waals surface area contributed by atoms with Gasteiger partial charge in [0.25, 0.3) is 0 Å². The number of hydrogen-bond donors (Lipinski definition) is 1. The van der Waals surface area contributed by atoms with E-state index in [9.17, 15) is 9.59 Å². The van der Waals surface area contributed by atoms with Gasteiger partial charge < -0.3 is 19.9 Å². The van der Waals surface area contributed by atoms with Crippen molar-refractivity contribution in [2.24, 2.45) is 5.92 Å². The lowest BCUT2D eigenvalue weighted by molar-refractivity contribution is -0.121. The highest BCUT2D eigenvalue weighted by atomic mass is 32.1. The van der Waals surface area contributed by atoms with Gasteiger partial charge in [-0.25, -0.2) is 4.79 Å². The number of thiophene rings is 1. The Hall–Kier alpha value is -2.38. The molecule has 3 rings (SSSR count). The van der Waals surface area contributed by atoms with Gasteiger partial charge in [0, 0.05) is 37.5 Å². The Morgan fingerprint density at radius 2 is 1.87 bits per heavy atom. The van der Waals surface area contributed by atoms with Gasteiger partial charge >= 0.3 is 6.09 Å². The molecule has 0 aliphatic carbocycles. The molecular weight excluding hydrogens is 410 g/mol. The molecule has 2 aromatic rings. The van der Waals surface area contributed by atoms with Gasteiger partial charge in [0.05, 0.1) is 12.6 Å². The number of carbonyl (C=O) groups excluding carboxylic acids is 2. The normalized spacial score (nSPS) is 16.0. The predicted molar refractivity (Wildman–Crippen MR) is 124 cm³/mol. The van der Waals surface area contributed by atoms with Crippen LogP contribution in [0, 0.1) is 5.92 Å². The molecule has 6 nitrogen and oxygen atoms in total. The van der Waals surface area contributed by atoms with Crippen molar-refractivity contribution in [3.63, 3.8) is 0 Å². The molecule has 2 heterocycles. The molecule has 0 bridgehead atoms. The predicted octanol–water partition coefficient (Wildman–Crippen LogP) is 4.14. The van der Waals surface area contributed by atoms with Crippen molar-refractivity contribution in [3.8, 4) is 0 Å². The average Bonchev–Trinajstić information content (AvgIpc) is 3.20. The van der Waals surface area contributed by atoms with Gasteiger partial charge in [0.15, 0.2) is 0 Å². The minimum absolute atomic E-state index is 0.0414. The van der Waals surface area contributed by atoms with E-state index in [1.54, 1.807) is 16.2 Å². The second-order valence-corrected chi connectivity index (χ2v) is 9.31. The zero-order chi connectivity index (χ0) is 22.1. The summed E-state index contributed by atoms with van der Waals surface area (Å²) in [6, 6.07) is 14.0. The van der Waals surface area contributed by atoms with E-state index in [4.69, 9.17) is 4.74 Å². The molecule has 1 unspecified atom stereocenters. The molecule has 7 heteroatoms. The van der Waals surface area contributed by atoms with Gasteiger partial charge in [-0.15, -0.1) is 11.3 Å². The lowest BCUT2D eigenvalue weighted by atomic mass is 10.1. The summed E-state index contributed by atoms with van der Waals surface area (Å²) < 4.78 is 5.36. The van der Waals surface area contributed by atoms with Crippen LogP contribution in [0.3, 0.4) is 0 Å². The molecule has 1 aliphatic heterocycles. The van der Waals surface area contributed by atoms with Crippen molar-refractivity contribution in [2.75, 3.05) is 39.3 Å². The molecule has 1 atom stereocenters. The summed E-state index contributed by atoms with van der Waals surface area (Å²) in [5.41, 5.74) is 1.09. The highest BCUT2D eigenvalue weighted by Gasteiger charge is 2.22. The molecule has 168 valence electrons. The maximum absolute atomic E-state index is 12.8. The first-order chi connectivity index (χ1) is 15.0. The first-order valence-electron chi connectivity index (χ1n) is 11.0. The number of nitrogens with zero attached hydrogens (tertiary/aromatic N) is 2. The molecule has 1 saturated heterocycles.